The van der Waals surface area contributed by atoms with Gasteiger partial charge in [0, 0.05) is 3.57 Å². The second-order valence-electron chi connectivity index (χ2n) is 5.16. The Morgan fingerprint density at radius 2 is 2.12 bits per heavy atom. The topological polar surface area (TPSA) is 87.9 Å². The van der Waals surface area contributed by atoms with Crippen molar-refractivity contribution in [3.05, 3.63) is 57.6 Å². The molecule has 0 bridgehead atoms. The predicted octanol–water partition coefficient (Wildman–Crippen LogP) is 2.61. The van der Waals surface area contributed by atoms with Gasteiger partial charge in [0.25, 0.3) is 5.91 Å². The summed E-state index contributed by atoms with van der Waals surface area (Å²) in [7, 11) is 0. The zero-order valence-electron chi connectivity index (χ0n) is 13.2. The fraction of sp³-hybridized carbons (Fsp3) is 0.125. The summed E-state index contributed by atoms with van der Waals surface area (Å²) in [6, 6.07) is 5.81. The Bertz CT molecular complexity index is 964. The monoisotopic (exact) mass is 474 g/mol. The Labute approximate surface area is 160 Å². The second kappa shape index (κ2) is 7.93. The standard InChI is InChI=1S/C16H13F2IN4O3/c17-11-5-9(19)1-2-13(11)21-15-10(16(25)22-26-4-3-24)6-14-12(18)7-20-8-23(14)15/h1-2,5-8,21,24H,3-4H2,(H,22,25). The van der Waals surface area contributed by atoms with Gasteiger partial charge in [0.1, 0.15) is 18.0 Å². The molecule has 136 valence electrons. The van der Waals surface area contributed by atoms with Crippen molar-refractivity contribution >= 4 is 45.5 Å². The first-order valence-corrected chi connectivity index (χ1v) is 8.48. The van der Waals surface area contributed by atoms with Crippen LogP contribution < -0.4 is 10.8 Å². The number of hydrogen-bond donors (Lipinski definition) is 3. The minimum absolute atomic E-state index is 0.0211. The maximum absolute atomic E-state index is 14.2. The van der Waals surface area contributed by atoms with Crippen LogP contribution in [0.4, 0.5) is 20.3 Å². The SMILES string of the molecule is O=C(NOCCO)c1cc2c(F)cncn2c1Nc1ccc(I)cc1F. The van der Waals surface area contributed by atoms with Gasteiger partial charge in [-0.1, -0.05) is 0 Å². The van der Waals surface area contributed by atoms with Gasteiger partial charge in [-0.05, 0) is 46.9 Å². The number of nitrogens with one attached hydrogen (secondary N) is 2. The number of anilines is 2. The summed E-state index contributed by atoms with van der Waals surface area (Å²) in [6.45, 7) is -0.390. The molecule has 0 saturated carbocycles. The normalized spacial score (nSPS) is 10.9. The highest BCUT2D eigenvalue weighted by Crippen LogP contribution is 2.28. The number of hydroxylamine groups is 1. The van der Waals surface area contributed by atoms with E-state index in [1.54, 1.807) is 6.07 Å². The fourth-order valence-electron chi connectivity index (χ4n) is 2.30. The maximum Gasteiger partial charge on any atom is 0.278 e. The van der Waals surface area contributed by atoms with E-state index in [-0.39, 0.29) is 35.8 Å². The third-order valence-corrected chi connectivity index (χ3v) is 4.11. The van der Waals surface area contributed by atoms with Crippen LogP contribution in [0.15, 0.2) is 36.8 Å². The summed E-state index contributed by atoms with van der Waals surface area (Å²) in [5.41, 5.74) is 2.36. The number of aliphatic hydroxyl groups excluding tert-OH is 1. The van der Waals surface area contributed by atoms with Gasteiger partial charge >= 0.3 is 0 Å². The van der Waals surface area contributed by atoms with Gasteiger partial charge in [-0.25, -0.2) is 19.2 Å². The average Bonchev–Trinajstić information content (AvgIpc) is 2.98. The molecule has 0 aliphatic carbocycles. The molecule has 0 aliphatic rings. The molecule has 0 unspecified atom stereocenters. The van der Waals surface area contributed by atoms with Crippen LogP contribution in [-0.2, 0) is 4.84 Å². The van der Waals surface area contributed by atoms with Crippen molar-refractivity contribution in [3.8, 4) is 0 Å². The number of nitrogens with zero attached hydrogens (tertiary/aromatic N) is 2. The van der Waals surface area contributed by atoms with Gasteiger partial charge in [-0.2, -0.15) is 0 Å². The van der Waals surface area contributed by atoms with Crippen LogP contribution in [0, 0.1) is 15.2 Å². The van der Waals surface area contributed by atoms with Crippen molar-refractivity contribution in [3.63, 3.8) is 0 Å². The van der Waals surface area contributed by atoms with Crippen molar-refractivity contribution in [2.45, 2.75) is 0 Å². The number of aliphatic hydroxyl groups is 1. The van der Waals surface area contributed by atoms with E-state index in [1.165, 1.54) is 28.9 Å². The predicted molar refractivity (Wildman–Crippen MR) is 98.1 cm³/mol. The van der Waals surface area contributed by atoms with E-state index in [0.29, 0.717) is 3.57 Å². The lowest BCUT2D eigenvalue weighted by Crippen LogP contribution is -2.25. The Kier molecular flexibility index (Phi) is 5.64. The number of fused-ring (bicyclic) bond motifs is 1. The molecular weight excluding hydrogens is 461 g/mol. The molecule has 1 aromatic carbocycles. The molecule has 0 aliphatic heterocycles. The summed E-state index contributed by atoms with van der Waals surface area (Å²) in [6.07, 6.45) is 2.31. The van der Waals surface area contributed by atoms with Crippen LogP contribution in [0.5, 0.6) is 0 Å². The van der Waals surface area contributed by atoms with Crippen LogP contribution in [0.3, 0.4) is 0 Å². The number of carbonyl (C=O) groups is 1. The van der Waals surface area contributed by atoms with Crippen molar-refractivity contribution in [1.29, 1.82) is 0 Å². The van der Waals surface area contributed by atoms with Gasteiger partial charge < -0.3 is 10.4 Å². The van der Waals surface area contributed by atoms with Crippen molar-refractivity contribution in [2.75, 3.05) is 18.5 Å². The van der Waals surface area contributed by atoms with Crippen LogP contribution in [0.2, 0.25) is 0 Å². The Hall–Kier alpha value is -2.31. The molecule has 0 atom stereocenters. The number of halogens is 3. The van der Waals surface area contributed by atoms with E-state index in [9.17, 15) is 13.6 Å². The van der Waals surface area contributed by atoms with E-state index in [2.05, 4.69) is 15.8 Å². The summed E-state index contributed by atoms with van der Waals surface area (Å²) < 4.78 is 30.2. The Morgan fingerprint density at radius 1 is 1.31 bits per heavy atom. The number of amides is 1. The fourth-order valence-corrected chi connectivity index (χ4v) is 2.75. The van der Waals surface area contributed by atoms with Crippen LogP contribution >= 0.6 is 22.6 Å². The number of aromatic nitrogens is 2. The number of rotatable bonds is 6. The highest BCUT2D eigenvalue weighted by Gasteiger charge is 2.20. The Morgan fingerprint density at radius 3 is 2.85 bits per heavy atom. The quantitative estimate of drug-likeness (QED) is 0.291. The van der Waals surface area contributed by atoms with Crippen molar-refractivity contribution < 1.29 is 23.5 Å². The molecule has 0 saturated heterocycles. The van der Waals surface area contributed by atoms with Crippen molar-refractivity contribution in [1.82, 2.24) is 14.9 Å². The molecule has 2 aromatic heterocycles. The zero-order chi connectivity index (χ0) is 18.7. The highest BCUT2D eigenvalue weighted by molar-refractivity contribution is 14.1. The molecule has 2 heterocycles. The van der Waals surface area contributed by atoms with Crippen LogP contribution in [-0.4, -0.2) is 33.6 Å². The molecule has 1 amide bonds. The minimum atomic E-state index is -0.685. The van der Waals surface area contributed by atoms with Crippen LogP contribution in [0.1, 0.15) is 10.4 Å². The molecule has 3 rings (SSSR count). The third-order valence-electron chi connectivity index (χ3n) is 3.44. The summed E-state index contributed by atoms with van der Waals surface area (Å²) in [4.78, 5) is 20.9. The van der Waals surface area contributed by atoms with Gasteiger partial charge in [-0.15, -0.1) is 0 Å². The first kappa shape index (κ1) is 18.5. The summed E-state index contributed by atoms with van der Waals surface area (Å²) in [5.74, 6) is -1.74. The molecule has 7 nitrogen and oxygen atoms in total. The van der Waals surface area contributed by atoms with E-state index in [0.717, 1.165) is 6.20 Å². The number of benzene rings is 1. The zero-order valence-corrected chi connectivity index (χ0v) is 15.3. The molecule has 0 fully saturated rings. The average molecular weight is 474 g/mol. The van der Waals surface area contributed by atoms with Gasteiger partial charge in [0.15, 0.2) is 5.82 Å². The lowest BCUT2D eigenvalue weighted by molar-refractivity contribution is 0.0169. The van der Waals surface area contributed by atoms with E-state index >= 15 is 0 Å². The lowest BCUT2D eigenvalue weighted by atomic mass is 10.2. The number of carbonyl (C=O) groups excluding carboxylic acids is 1. The summed E-state index contributed by atoms with van der Waals surface area (Å²) >= 11 is 1.97. The van der Waals surface area contributed by atoms with Crippen molar-refractivity contribution in [2.24, 2.45) is 0 Å². The second-order valence-corrected chi connectivity index (χ2v) is 6.40. The van der Waals surface area contributed by atoms with E-state index < -0.39 is 17.5 Å². The first-order valence-electron chi connectivity index (χ1n) is 7.41. The summed E-state index contributed by atoms with van der Waals surface area (Å²) in [5, 5.41) is 11.5. The largest absolute Gasteiger partial charge is 0.394 e. The molecule has 0 radical (unpaired) electrons. The van der Waals surface area contributed by atoms with Gasteiger partial charge in [0.05, 0.1) is 36.2 Å². The van der Waals surface area contributed by atoms with Gasteiger partial charge in [0.2, 0.25) is 0 Å². The van der Waals surface area contributed by atoms with E-state index in [1.807, 2.05) is 22.6 Å². The molecule has 3 aromatic rings. The van der Waals surface area contributed by atoms with E-state index in [4.69, 9.17) is 9.94 Å². The highest BCUT2D eigenvalue weighted by atomic mass is 127. The Balaban J connectivity index is 2.04. The molecule has 10 heteroatoms. The lowest BCUT2D eigenvalue weighted by Gasteiger charge is -2.11. The molecule has 26 heavy (non-hydrogen) atoms. The smallest absolute Gasteiger partial charge is 0.278 e. The van der Waals surface area contributed by atoms with Crippen LogP contribution in [0.25, 0.3) is 5.52 Å². The molecular formula is C16H13F2IN4O3. The minimum Gasteiger partial charge on any atom is -0.394 e. The third kappa shape index (κ3) is 3.76. The first-order chi connectivity index (χ1) is 12.5. The maximum atomic E-state index is 14.2. The molecule has 0 spiro atoms. The molecule has 3 N–H and O–H groups in total. The number of hydrogen-bond acceptors (Lipinski definition) is 5. The van der Waals surface area contributed by atoms with Gasteiger partial charge in [-0.3, -0.25) is 14.0 Å².